The summed E-state index contributed by atoms with van der Waals surface area (Å²) in [6.07, 6.45) is -4.23. The van der Waals surface area contributed by atoms with Crippen LogP contribution in [0, 0.1) is 11.8 Å². The number of halogens is 3. The molecule has 0 spiro atoms. The number of hydrogen-bond donors (Lipinski definition) is 3. The van der Waals surface area contributed by atoms with Crippen LogP contribution in [0.5, 0.6) is 0 Å². The number of piperazine rings is 1. The first-order valence-electron chi connectivity index (χ1n) is 11.5. The van der Waals surface area contributed by atoms with Gasteiger partial charge in [-0.3, -0.25) is 13.9 Å². The number of aromatic nitrogens is 4. The quantitative estimate of drug-likeness (QED) is 0.423. The highest BCUT2D eigenvalue weighted by Crippen LogP contribution is 2.21. The van der Waals surface area contributed by atoms with Gasteiger partial charge in [0.2, 0.25) is 11.9 Å². The summed E-state index contributed by atoms with van der Waals surface area (Å²) >= 11 is 0. The fraction of sp³-hybridized carbons (Fsp3) is 0.417. The van der Waals surface area contributed by atoms with Gasteiger partial charge in [0, 0.05) is 39.8 Å². The van der Waals surface area contributed by atoms with Gasteiger partial charge in [0.1, 0.15) is 0 Å². The Balaban J connectivity index is 0.000000479. The number of nitrogens with zero attached hydrogens (tertiary/aromatic N) is 5. The van der Waals surface area contributed by atoms with Crippen LogP contribution < -0.4 is 21.1 Å². The van der Waals surface area contributed by atoms with E-state index in [1.807, 2.05) is 22.8 Å². The van der Waals surface area contributed by atoms with Crippen LogP contribution >= 0.6 is 0 Å². The summed E-state index contributed by atoms with van der Waals surface area (Å²) in [5, 5.41) is 13.8. The van der Waals surface area contributed by atoms with Crippen LogP contribution in [0.1, 0.15) is 12.5 Å². The highest BCUT2D eigenvalue weighted by Gasteiger charge is 2.38. The zero-order chi connectivity index (χ0) is 27.0. The van der Waals surface area contributed by atoms with E-state index in [2.05, 4.69) is 44.5 Å². The molecule has 0 atom stereocenters. The van der Waals surface area contributed by atoms with Gasteiger partial charge in [-0.2, -0.15) is 23.1 Å². The van der Waals surface area contributed by atoms with Gasteiger partial charge < -0.3 is 20.6 Å². The summed E-state index contributed by atoms with van der Waals surface area (Å²) in [4.78, 5) is 33.7. The van der Waals surface area contributed by atoms with Crippen LogP contribution in [0.3, 0.4) is 0 Å². The first-order valence-corrected chi connectivity index (χ1v) is 11.5. The van der Waals surface area contributed by atoms with Crippen molar-refractivity contribution in [3.05, 3.63) is 46.2 Å². The zero-order valence-corrected chi connectivity index (χ0v) is 20.5. The number of hydrogen-bond acceptors (Lipinski definition) is 7. The van der Waals surface area contributed by atoms with Gasteiger partial charge in [-0.25, -0.2) is 4.79 Å². The van der Waals surface area contributed by atoms with Gasteiger partial charge >= 0.3 is 12.1 Å². The van der Waals surface area contributed by atoms with Crippen LogP contribution in [0.25, 0.3) is 11.2 Å². The van der Waals surface area contributed by atoms with Gasteiger partial charge in [-0.15, -0.1) is 5.92 Å². The van der Waals surface area contributed by atoms with E-state index in [1.54, 1.807) is 18.5 Å². The Bertz CT molecular complexity index is 1340. The molecule has 0 bridgehead atoms. The molecule has 3 N–H and O–H groups in total. The predicted octanol–water partition coefficient (Wildman–Crippen LogP) is 1.85. The summed E-state index contributed by atoms with van der Waals surface area (Å²) in [5.41, 5.74) is 2.09. The summed E-state index contributed by atoms with van der Waals surface area (Å²) in [7, 11) is 1.74. The molecular weight excluding hydrogens is 491 g/mol. The van der Waals surface area contributed by atoms with Crippen molar-refractivity contribution in [1.29, 1.82) is 0 Å². The molecule has 1 saturated heterocycles. The third kappa shape index (κ3) is 7.01. The topological polar surface area (TPSA) is 117 Å². The van der Waals surface area contributed by atoms with Crippen LogP contribution in [0.15, 0.2) is 35.1 Å². The number of carbonyl (C=O) groups is 1. The number of fused-ring (bicyclic) bond motifs is 1. The maximum Gasteiger partial charge on any atom is 0.490 e. The molecule has 4 rings (SSSR count). The van der Waals surface area contributed by atoms with Crippen molar-refractivity contribution in [3.8, 4) is 11.8 Å². The average Bonchev–Trinajstić information content (AvgIpc) is 3.25. The van der Waals surface area contributed by atoms with E-state index in [1.165, 1.54) is 5.56 Å². The number of alkyl halides is 3. The number of anilines is 2. The average molecular weight is 520 g/mol. The lowest BCUT2D eigenvalue weighted by molar-refractivity contribution is -0.192. The number of nitrogens with one attached hydrogen (secondary N) is 2. The lowest BCUT2D eigenvalue weighted by Gasteiger charge is -2.28. The molecule has 10 nitrogen and oxygen atoms in total. The van der Waals surface area contributed by atoms with E-state index in [9.17, 15) is 18.0 Å². The molecule has 0 aliphatic carbocycles. The van der Waals surface area contributed by atoms with Crippen molar-refractivity contribution in [2.75, 3.05) is 42.9 Å². The molecule has 37 heavy (non-hydrogen) atoms. The minimum Gasteiger partial charge on any atom is -0.475 e. The summed E-state index contributed by atoms with van der Waals surface area (Å²) < 4.78 is 35.2. The largest absolute Gasteiger partial charge is 0.490 e. The first-order chi connectivity index (χ1) is 17.6. The van der Waals surface area contributed by atoms with Crippen molar-refractivity contribution in [1.82, 2.24) is 24.4 Å². The van der Waals surface area contributed by atoms with Crippen molar-refractivity contribution in [3.63, 3.8) is 0 Å². The van der Waals surface area contributed by atoms with E-state index in [4.69, 9.17) is 14.9 Å². The lowest BCUT2D eigenvalue weighted by atomic mass is 10.1. The van der Waals surface area contributed by atoms with Gasteiger partial charge in [0.05, 0.1) is 6.54 Å². The highest BCUT2D eigenvalue weighted by molar-refractivity contribution is 5.76. The third-order valence-electron chi connectivity index (χ3n) is 5.56. The smallest absolute Gasteiger partial charge is 0.475 e. The second-order valence-electron chi connectivity index (χ2n) is 8.10. The van der Waals surface area contributed by atoms with Gasteiger partial charge in [-0.05, 0) is 18.9 Å². The van der Waals surface area contributed by atoms with Crippen LogP contribution in [0.4, 0.5) is 25.1 Å². The molecule has 0 saturated carbocycles. The lowest BCUT2D eigenvalue weighted by Crippen LogP contribution is -2.44. The second kappa shape index (κ2) is 12.3. The monoisotopic (exact) mass is 519 g/mol. The van der Waals surface area contributed by atoms with Crippen molar-refractivity contribution in [2.45, 2.75) is 26.1 Å². The maximum atomic E-state index is 13.2. The number of carboxylic acids is 1. The molecule has 0 amide bonds. The zero-order valence-electron chi connectivity index (χ0n) is 20.5. The van der Waals surface area contributed by atoms with E-state index >= 15 is 0 Å². The predicted molar refractivity (Wildman–Crippen MR) is 134 cm³/mol. The maximum absolute atomic E-state index is 13.2. The molecule has 2 aromatic heterocycles. The number of imidazole rings is 1. The molecule has 1 fully saturated rings. The van der Waals surface area contributed by atoms with Crippen LogP contribution in [0.2, 0.25) is 0 Å². The van der Waals surface area contributed by atoms with Crippen molar-refractivity contribution in [2.24, 2.45) is 7.05 Å². The number of rotatable bonds is 6. The first kappa shape index (κ1) is 27.5. The molecule has 0 unspecified atom stereocenters. The van der Waals surface area contributed by atoms with E-state index in [-0.39, 0.29) is 5.56 Å². The highest BCUT2D eigenvalue weighted by atomic mass is 19.4. The summed E-state index contributed by atoms with van der Waals surface area (Å²) in [6.45, 7) is 6.36. The van der Waals surface area contributed by atoms with Gasteiger partial charge in [0.25, 0.3) is 5.56 Å². The Kier molecular flexibility index (Phi) is 9.13. The minimum absolute atomic E-state index is 0.117. The van der Waals surface area contributed by atoms with Crippen molar-refractivity contribution < 1.29 is 23.1 Å². The molecule has 3 heterocycles. The molecule has 13 heteroatoms. The molecular formula is C24H28F3N7O3. The summed E-state index contributed by atoms with van der Waals surface area (Å²) in [5.74, 6) is 4.53. The minimum atomic E-state index is -5.08. The number of carboxylic acid groups (broad SMARTS) is 1. The fourth-order valence-electron chi connectivity index (χ4n) is 3.68. The molecule has 198 valence electrons. The fourth-order valence-corrected chi connectivity index (χ4v) is 3.68. The molecule has 3 aromatic rings. The van der Waals surface area contributed by atoms with Gasteiger partial charge in [-0.1, -0.05) is 36.3 Å². The van der Waals surface area contributed by atoms with Crippen LogP contribution in [-0.2, 0) is 24.8 Å². The van der Waals surface area contributed by atoms with Crippen molar-refractivity contribution >= 4 is 29.0 Å². The Morgan fingerprint density at radius 2 is 1.84 bits per heavy atom. The Labute approximate surface area is 211 Å². The Hall–Kier alpha value is -4.05. The van der Waals surface area contributed by atoms with E-state index in [0.717, 1.165) is 38.5 Å². The third-order valence-corrected chi connectivity index (χ3v) is 5.56. The number of benzene rings is 1. The standard InChI is InChI=1S/C22H27N7O.C2HF3O2/c1-3-4-14-29-18-19(26-22(29)28-15-12-23-13-16-28)25-21(27(2)20(18)30)24-11-10-17-8-6-5-7-9-17;3-2(4,5)1(6)7/h5-9,23H,10-16H2,1-2H3,(H,24,25);(H,6,7). The molecule has 0 radical (unpaired) electrons. The molecule has 1 aliphatic rings. The van der Waals surface area contributed by atoms with E-state index in [0.29, 0.717) is 30.2 Å². The Morgan fingerprint density at radius 3 is 2.43 bits per heavy atom. The normalized spacial score (nSPS) is 13.4. The van der Waals surface area contributed by atoms with Gasteiger partial charge in [0.15, 0.2) is 11.2 Å². The Morgan fingerprint density at radius 1 is 1.19 bits per heavy atom. The molecule has 1 aliphatic heterocycles. The van der Waals surface area contributed by atoms with Crippen LogP contribution in [-0.4, -0.2) is 69.1 Å². The SMILES string of the molecule is CC#CCn1c(N2CCNCC2)nc2nc(NCCc3ccccc3)n(C)c(=O)c21.O=C(O)C(F)(F)F. The molecule has 1 aromatic carbocycles. The second-order valence-corrected chi connectivity index (χ2v) is 8.10. The number of aliphatic carboxylic acids is 1. The summed E-state index contributed by atoms with van der Waals surface area (Å²) in [6, 6.07) is 10.2. The van der Waals surface area contributed by atoms with E-state index < -0.39 is 12.1 Å².